The summed E-state index contributed by atoms with van der Waals surface area (Å²) in [5.74, 6) is 0.273. The van der Waals surface area contributed by atoms with Gasteiger partial charge in [-0.3, -0.25) is 0 Å². The first-order valence-electron chi connectivity index (χ1n) is 5.57. The lowest BCUT2D eigenvalue weighted by Crippen LogP contribution is -2.06. The zero-order valence-corrected chi connectivity index (χ0v) is 12.2. The standard InChI is InChI=1S/C14H13BrClNO/c1-9(10-2-5-12(18)6-3-10)17-14-8-11(16)4-7-13(14)15/h2-9,17-18H,1H3. The molecule has 2 rings (SSSR count). The van der Waals surface area contributed by atoms with E-state index in [1.807, 2.05) is 30.3 Å². The van der Waals surface area contributed by atoms with Gasteiger partial charge in [0.15, 0.2) is 0 Å². The van der Waals surface area contributed by atoms with Gasteiger partial charge in [-0.1, -0.05) is 23.7 Å². The van der Waals surface area contributed by atoms with Gasteiger partial charge >= 0.3 is 0 Å². The molecule has 1 atom stereocenters. The molecule has 0 aliphatic carbocycles. The predicted octanol–water partition coefficient (Wildman–Crippen LogP) is 4.98. The molecule has 0 spiro atoms. The van der Waals surface area contributed by atoms with E-state index in [0.717, 1.165) is 15.7 Å². The Morgan fingerprint density at radius 2 is 1.83 bits per heavy atom. The van der Waals surface area contributed by atoms with Crippen LogP contribution in [0.25, 0.3) is 0 Å². The number of halogens is 2. The average Bonchev–Trinajstić information content (AvgIpc) is 2.34. The van der Waals surface area contributed by atoms with E-state index in [0.29, 0.717) is 5.02 Å². The van der Waals surface area contributed by atoms with E-state index in [4.69, 9.17) is 11.6 Å². The first-order chi connectivity index (χ1) is 8.56. The SMILES string of the molecule is CC(Nc1cc(Cl)ccc1Br)c1ccc(O)cc1. The maximum atomic E-state index is 9.26. The van der Waals surface area contributed by atoms with Crippen molar-refractivity contribution < 1.29 is 5.11 Å². The maximum Gasteiger partial charge on any atom is 0.115 e. The van der Waals surface area contributed by atoms with E-state index in [1.54, 1.807) is 12.1 Å². The Balaban J connectivity index is 2.18. The Labute approximate surface area is 120 Å². The third kappa shape index (κ3) is 3.18. The van der Waals surface area contributed by atoms with Crippen LogP contribution >= 0.6 is 27.5 Å². The maximum absolute atomic E-state index is 9.26. The second-order valence-corrected chi connectivity index (χ2v) is 5.37. The summed E-state index contributed by atoms with van der Waals surface area (Å²) in [6.07, 6.45) is 0. The Hall–Kier alpha value is -1.19. The number of rotatable bonds is 3. The van der Waals surface area contributed by atoms with Crippen LogP contribution in [0, 0.1) is 0 Å². The molecule has 0 aliphatic rings. The van der Waals surface area contributed by atoms with Crippen molar-refractivity contribution in [3.63, 3.8) is 0 Å². The average molecular weight is 327 g/mol. The molecule has 2 aromatic carbocycles. The van der Waals surface area contributed by atoms with Crippen LogP contribution in [0.15, 0.2) is 46.9 Å². The third-order valence-corrected chi connectivity index (χ3v) is 3.62. The van der Waals surface area contributed by atoms with Gasteiger partial charge in [-0.25, -0.2) is 0 Å². The van der Waals surface area contributed by atoms with Crippen molar-refractivity contribution in [2.24, 2.45) is 0 Å². The summed E-state index contributed by atoms with van der Waals surface area (Å²) in [4.78, 5) is 0. The number of anilines is 1. The molecular formula is C14H13BrClNO. The minimum Gasteiger partial charge on any atom is -0.508 e. The van der Waals surface area contributed by atoms with E-state index in [1.165, 1.54) is 0 Å². The molecule has 2 N–H and O–H groups in total. The lowest BCUT2D eigenvalue weighted by molar-refractivity contribution is 0.475. The zero-order valence-electron chi connectivity index (χ0n) is 9.82. The fourth-order valence-corrected chi connectivity index (χ4v) is 2.22. The van der Waals surface area contributed by atoms with Gasteiger partial charge in [0, 0.05) is 15.5 Å². The highest BCUT2D eigenvalue weighted by Crippen LogP contribution is 2.29. The molecule has 18 heavy (non-hydrogen) atoms. The fourth-order valence-electron chi connectivity index (χ4n) is 1.69. The molecule has 2 aromatic rings. The van der Waals surface area contributed by atoms with Crippen molar-refractivity contribution >= 4 is 33.2 Å². The summed E-state index contributed by atoms with van der Waals surface area (Å²) >= 11 is 9.46. The summed E-state index contributed by atoms with van der Waals surface area (Å²) in [6.45, 7) is 2.06. The van der Waals surface area contributed by atoms with Crippen molar-refractivity contribution in [2.75, 3.05) is 5.32 Å². The second-order valence-electron chi connectivity index (χ2n) is 4.08. The molecule has 0 radical (unpaired) electrons. The molecule has 0 bridgehead atoms. The smallest absolute Gasteiger partial charge is 0.115 e. The molecule has 4 heteroatoms. The molecule has 0 amide bonds. The number of hydrogen-bond donors (Lipinski definition) is 2. The lowest BCUT2D eigenvalue weighted by atomic mass is 10.1. The number of phenols is 1. The Morgan fingerprint density at radius 3 is 2.50 bits per heavy atom. The number of aromatic hydroxyl groups is 1. The molecule has 0 fully saturated rings. The topological polar surface area (TPSA) is 32.3 Å². The van der Waals surface area contributed by atoms with E-state index >= 15 is 0 Å². The Bertz CT molecular complexity index is 542. The molecule has 0 saturated heterocycles. The summed E-state index contributed by atoms with van der Waals surface area (Å²) in [6, 6.07) is 12.9. The lowest BCUT2D eigenvalue weighted by Gasteiger charge is -2.17. The van der Waals surface area contributed by atoms with Crippen molar-refractivity contribution in [3.8, 4) is 5.75 Å². The molecule has 0 aliphatic heterocycles. The van der Waals surface area contributed by atoms with E-state index in [2.05, 4.69) is 28.2 Å². The van der Waals surface area contributed by atoms with Gasteiger partial charge in [-0.2, -0.15) is 0 Å². The first kappa shape index (κ1) is 13.2. The van der Waals surface area contributed by atoms with Gasteiger partial charge in [0.25, 0.3) is 0 Å². The van der Waals surface area contributed by atoms with Gasteiger partial charge in [-0.15, -0.1) is 0 Å². The zero-order chi connectivity index (χ0) is 13.1. The molecule has 1 unspecified atom stereocenters. The molecule has 0 saturated carbocycles. The van der Waals surface area contributed by atoms with Gasteiger partial charge in [0.1, 0.15) is 5.75 Å². The Kier molecular flexibility index (Phi) is 4.15. The summed E-state index contributed by atoms with van der Waals surface area (Å²) in [5, 5.41) is 13.3. The van der Waals surface area contributed by atoms with Crippen molar-refractivity contribution in [1.82, 2.24) is 0 Å². The minimum atomic E-state index is 0.125. The van der Waals surface area contributed by atoms with Crippen LogP contribution in [0.4, 0.5) is 5.69 Å². The third-order valence-electron chi connectivity index (χ3n) is 2.69. The number of benzene rings is 2. The van der Waals surface area contributed by atoms with Crippen LogP contribution in [0.1, 0.15) is 18.5 Å². The quantitative estimate of drug-likeness (QED) is 0.833. The molecule has 0 heterocycles. The van der Waals surface area contributed by atoms with Gasteiger partial charge in [0.05, 0.1) is 5.69 Å². The molecule has 2 nitrogen and oxygen atoms in total. The van der Waals surface area contributed by atoms with Gasteiger partial charge in [-0.05, 0) is 58.7 Å². The van der Waals surface area contributed by atoms with E-state index in [9.17, 15) is 5.11 Å². The Morgan fingerprint density at radius 1 is 1.17 bits per heavy atom. The van der Waals surface area contributed by atoms with Crippen molar-refractivity contribution in [3.05, 3.63) is 57.5 Å². The summed E-state index contributed by atoms with van der Waals surface area (Å²) in [7, 11) is 0. The summed E-state index contributed by atoms with van der Waals surface area (Å²) in [5.41, 5.74) is 2.04. The minimum absolute atomic E-state index is 0.125. The largest absolute Gasteiger partial charge is 0.508 e. The van der Waals surface area contributed by atoms with Crippen molar-refractivity contribution in [2.45, 2.75) is 13.0 Å². The number of nitrogens with one attached hydrogen (secondary N) is 1. The summed E-state index contributed by atoms with van der Waals surface area (Å²) < 4.78 is 0.970. The van der Waals surface area contributed by atoms with Crippen LogP contribution in [-0.2, 0) is 0 Å². The normalized spacial score (nSPS) is 12.2. The highest BCUT2D eigenvalue weighted by molar-refractivity contribution is 9.10. The van der Waals surface area contributed by atoms with Crippen LogP contribution < -0.4 is 5.32 Å². The van der Waals surface area contributed by atoms with E-state index < -0.39 is 0 Å². The van der Waals surface area contributed by atoms with Crippen LogP contribution in [-0.4, -0.2) is 5.11 Å². The monoisotopic (exact) mass is 325 g/mol. The molecule has 0 aromatic heterocycles. The fraction of sp³-hybridized carbons (Fsp3) is 0.143. The van der Waals surface area contributed by atoms with E-state index in [-0.39, 0.29) is 11.8 Å². The first-order valence-corrected chi connectivity index (χ1v) is 6.74. The van der Waals surface area contributed by atoms with Crippen LogP contribution in [0.2, 0.25) is 5.02 Å². The predicted molar refractivity (Wildman–Crippen MR) is 79.3 cm³/mol. The second kappa shape index (κ2) is 5.63. The molecular weight excluding hydrogens is 314 g/mol. The van der Waals surface area contributed by atoms with Gasteiger partial charge in [0.2, 0.25) is 0 Å². The number of phenolic OH excluding ortho intramolecular Hbond substituents is 1. The highest BCUT2D eigenvalue weighted by Gasteiger charge is 2.08. The molecule has 94 valence electrons. The highest BCUT2D eigenvalue weighted by atomic mass is 79.9. The van der Waals surface area contributed by atoms with Crippen LogP contribution in [0.3, 0.4) is 0 Å². The van der Waals surface area contributed by atoms with Crippen LogP contribution in [0.5, 0.6) is 5.75 Å². The van der Waals surface area contributed by atoms with Crippen molar-refractivity contribution in [1.29, 1.82) is 0 Å². The number of hydrogen-bond acceptors (Lipinski definition) is 2. The van der Waals surface area contributed by atoms with Gasteiger partial charge < -0.3 is 10.4 Å².